The van der Waals surface area contributed by atoms with Crippen molar-refractivity contribution in [1.82, 2.24) is 0 Å². The van der Waals surface area contributed by atoms with Crippen molar-refractivity contribution in [2.24, 2.45) is 0 Å². The number of aliphatic hydroxyl groups is 1. The minimum atomic E-state index is -0.181. The largest absolute Gasteiger partial charge is 0.390 e. The summed E-state index contributed by atoms with van der Waals surface area (Å²) in [5.74, 6) is 0. The second-order valence-corrected chi connectivity index (χ2v) is 4.76. The highest BCUT2D eigenvalue weighted by atomic mass is 16.6. The van der Waals surface area contributed by atoms with Crippen molar-refractivity contribution in [2.45, 2.75) is 76.1 Å². The SMILES string of the molecule is OC1CCCCCCCCCC2OC12. The molecular weight excluding hydrogens is 176 g/mol. The van der Waals surface area contributed by atoms with Gasteiger partial charge in [0.25, 0.3) is 0 Å². The van der Waals surface area contributed by atoms with Crippen molar-refractivity contribution in [3.05, 3.63) is 0 Å². The molecule has 0 amide bonds. The molecule has 0 aromatic rings. The molecule has 1 aliphatic carbocycles. The molecule has 0 aromatic carbocycles. The average molecular weight is 198 g/mol. The molecule has 0 bridgehead atoms. The maximum atomic E-state index is 9.78. The fourth-order valence-corrected chi connectivity index (χ4v) is 2.47. The highest BCUT2D eigenvalue weighted by Crippen LogP contribution is 2.32. The van der Waals surface area contributed by atoms with Crippen LogP contribution in [0.1, 0.15) is 57.8 Å². The summed E-state index contributed by atoms with van der Waals surface area (Å²) in [4.78, 5) is 0. The van der Waals surface area contributed by atoms with Crippen LogP contribution in [0.25, 0.3) is 0 Å². The molecule has 14 heavy (non-hydrogen) atoms. The third-order valence-corrected chi connectivity index (χ3v) is 3.49. The summed E-state index contributed by atoms with van der Waals surface area (Å²) in [6, 6.07) is 0. The van der Waals surface area contributed by atoms with Gasteiger partial charge in [-0.2, -0.15) is 0 Å². The van der Waals surface area contributed by atoms with Crippen molar-refractivity contribution in [2.75, 3.05) is 0 Å². The van der Waals surface area contributed by atoms with Gasteiger partial charge in [0.1, 0.15) is 6.10 Å². The molecule has 3 unspecified atom stereocenters. The Hall–Kier alpha value is -0.0800. The van der Waals surface area contributed by atoms with E-state index in [4.69, 9.17) is 4.74 Å². The van der Waals surface area contributed by atoms with Gasteiger partial charge in [0.05, 0.1) is 12.2 Å². The van der Waals surface area contributed by atoms with Gasteiger partial charge < -0.3 is 9.84 Å². The zero-order chi connectivity index (χ0) is 9.80. The lowest BCUT2D eigenvalue weighted by Crippen LogP contribution is -2.16. The van der Waals surface area contributed by atoms with Gasteiger partial charge in [0, 0.05) is 0 Å². The van der Waals surface area contributed by atoms with Crippen LogP contribution in [-0.2, 0) is 4.74 Å². The fraction of sp³-hybridized carbons (Fsp3) is 1.00. The summed E-state index contributed by atoms with van der Waals surface area (Å²) >= 11 is 0. The molecule has 1 heterocycles. The van der Waals surface area contributed by atoms with E-state index in [1.54, 1.807) is 0 Å². The van der Waals surface area contributed by atoms with Gasteiger partial charge in [-0.05, 0) is 12.8 Å². The van der Waals surface area contributed by atoms with Gasteiger partial charge >= 0.3 is 0 Å². The minimum absolute atomic E-state index is 0.181. The number of rotatable bonds is 0. The summed E-state index contributed by atoms with van der Waals surface area (Å²) < 4.78 is 5.49. The summed E-state index contributed by atoms with van der Waals surface area (Å²) in [5, 5.41) is 9.78. The van der Waals surface area contributed by atoms with Crippen molar-refractivity contribution < 1.29 is 9.84 Å². The van der Waals surface area contributed by atoms with Crippen LogP contribution in [0.15, 0.2) is 0 Å². The Balaban J connectivity index is 1.74. The summed E-state index contributed by atoms with van der Waals surface area (Å²) in [6.45, 7) is 0. The van der Waals surface area contributed by atoms with Crippen LogP contribution in [0, 0.1) is 0 Å². The monoisotopic (exact) mass is 198 g/mol. The number of ether oxygens (including phenoxy) is 1. The molecule has 2 aliphatic rings. The van der Waals surface area contributed by atoms with Crippen molar-refractivity contribution in [3.63, 3.8) is 0 Å². The van der Waals surface area contributed by atoms with E-state index >= 15 is 0 Å². The van der Waals surface area contributed by atoms with Crippen molar-refractivity contribution >= 4 is 0 Å². The van der Waals surface area contributed by atoms with Crippen LogP contribution in [0.3, 0.4) is 0 Å². The highest BCUT2D eigenvalue weighted by Gasteiger charge is 2.43. The molecule has 2 fully saturated rings. The topological polar surface area (TPSA) is 32.8 Å². The maximum absolute atomic E-state index is 9.78. The lowest BCUT2D eigenvalue weighted by atomic mass is 10.00. The standard InChI is InChI=1S/C12H22O2/c13-10-8-6-4-2-1-3-5-7-9-11-12(10)14-11/h10-13H,1-9H2. The molecule has 3 atom stereocenters. The van der Waals surface area contributed by atoms with E-state index in [0.29, 0.717) is 6.10 Å². The van der Waals surface area contributed by atoms with E-state index in [1.165, 1.54) is 51.4 Å². The second kappa shape index (κ2) is 5.13. The van der Waals surface area contributed by atoms with E-state index in [1.807, 2.05) is 0 Å². The molecule has 82 valence electrons. The van der Waals surface area contributed by atoms with Gasteiger partial charge in [0.2, 0.25) is 0 Å². The zero-order valence-corrected chi connectivity index (χ0v) is 8.95. The van der Waals surface area contributed by atoms with E-state index in [9.17, 15) is 5.11 Å². The Morgan fingerprint density at radius 2 is 1.36 bits per heavy atom. The van der Waals surface area contributed by atoms with Gasteiger partial charge in [-0.15, -0.1) is 0 Å². The molecule has 0 spiro atoms. The van der Waals surface area contributed by atoms with E-state index in [0.717, 1.165) is 6.42 Å². The van der Waals surface area contributed by atoms with Crippen molar-refractivity contribution in [3.8, 4) is 0 Å². The number of hydrogen-bond donors (Lipinski definition) is 1. The normalized spacial score (nSPS) is 40.5. The number of epoxide rings is 1. The third-order valence-electron chi connectivity index (χ3n) is 3.49. The summed E-state index contributed by atoms with van der Waals surface area (Å²) in [6.07, 6.45) is 11.7. The lowest BCUT2D eigenvalue weighted by Gasteiger charge is -2.08. The maximum Gasteiger partial charge on any atom is 0.110 e. The molecule has 1 saturated heterocycles. The van der Waals surface area contributed by atoms with E-state index in [2.05, 4.69) is 0 Å². The van der Waals surface area contributed by atoms with Crippen LogP contribution in [0.2, 0.25) is 0 Å². The Bertz CT molecular complexity index is 170. The van der Waals surface area contributed by atoms with E-state index < -0.39 is 0 Å². The first kappa shape index (κ1) is 10.4. The Morgan fingerprint density at radius 1 is 0.786 bits per heavy atom. The van der Waals surface area contributed by atoms with Gasteiger partial charge in [-0.1, -0.05) is 44.9 Å². The fourth-order valence-electron chi connectivity index (χ4n) is 2.47. The quantitative estimate of drug-likeness (QED) is 0.607. The molecule has 1 N–H and O–H groups in total. The Labute approximate surface area is 86.6 Å². The molecule has 1 saturated carbocycles. The molecule has 2 heteroatoms. The number of hydrogen-bond acceptors (Lipinski definition) is 2. The summed E-state index contributed by atoms with van der Waals surface area (Å²) in [7, 11) is 0. The number of aliphatic hydroxyl groups excluding tert-OH is 1. The predicted molar refractivity (Wildman–Crippen MR) is 56.2 cm³/mol. The molecule has 2 nitrogen and oxygen atoms in total. The molecule has 0 radical (unpaired) electrons. The molecule has 2 rings (SSSR count). The first-order valence-corrected chi connectivity index (χ1v) is 6.21. The third kappa shape index (κ3) is 2.96. The smallest absolute Gasteiger partial charge is 0.110 e. The Morgan fingerprint density at radius 3 is 2.07 bits per heavy atom. The highest BCUT2D eigenvalue weighted by molar-refractivity contribution is 4.90. The predicted octanol–water partition coefficient (Wildman–Crippen LogP) is 2.64. The van der Waals surface area contributed by atoms with Gasteiger partial charge in [-0.25, -0.2) is 0 Å². The second-order valence-electron chi connectivity index (χ2n) is 4.76. The van der Waals surface area contributed by atoms with Crippen LogP contribution >= 0.6 is 0 Å². The van der Waals surface area contributed by atoms with Crippen LogP contribution in [-0.4, -0.2) is 23.4 Å². The van der Waals surface area contributed by atoms with Gasteiger partial charge in [0.15, 0.2) is 0 Å². The van der Waals surface area contributed by atoms with E-state index in [-0.39, 0.29) is 12.2 Å². The minimum Gasteiger partial charge on any atom is -0.390 e. The first-order valence-electron chi connectivity index (χ1n) is 6.21. The van der Waals surface area contributed by atoms with Gasteiger partial charge in [-0.3, -0.25) is 0 Å². The molecule has 1 aliphatic heterocycles. The van der Waals surface area contributed by atoms with Crippen molar-refractivity contribution in [1.29, 1.82) is 0 Å². The van der Waals surface area contributed by atoms with Crippen LogP contribution in [0.5, 0.6) is 0 Å². The number of fused-ring (bicyclic) bond motifs is 1. The van der Waals surface area contributed by atoms with Crippen LogP contribution < -0.4 is 0 Å². The Kier molecular flexibility index (Phi) is 3.82. The molecule has 0 aromatic heterocycles. The molecular formula is C12H22O2. The van der Waals surface area contributed by atoms with Crippen LogP contribution in [0.4, 0.5) is 0 Å². The first-order chi connectivity index (χ1) is 6.88. The lowest BCUT2D eigenvalue weighted by molar-refractivity contribution is 0.123. The average Bonchev–Trinajstić information content (AvgIpc) is 2.92. The summed E-state index contributed by atoms with van der Waals surface area (Å²) in [5.41, 5.74) is 0. The zero-order valence-electron chi connectivity index (χ0n) is 8.95.